The number of ether oxygens (including phenoxy) is 2. The van der Waals surface area contributed by atoms with Crippen LogP contribution in [0.5, 0.6) is 11.6 Å². The second-order valence-electron chi connectivity index (χ2n) is 7.61. The second-order valence-corrected chi connectivity index (χ2v) is 7.61. The van der Waals surface area contributed by atoms with Gasteiger partial charge in [-0.2, -0.15) is 5.10 Å². The Bertz CT molecular complexity index is 1070. The fourth-order valence-corrected chi connectivity index (χ4v) is 3.05. The summed E-state index contributed by atoms with van der Waals surface area (Å²) in [6.45, 7) is 8.34. The van der Waals surface area contributed by atoms with E-state index in [1.807, 2.05) is 29.3 Å². The van der Waals surface area contributed by atoms with Gasteiger partial charge in [-0.05, 0) is 27.7 Å². The van der Waals surface area contributed by atoms with Gasteiger partial charge in [0.25, 0.3) is 5.91 Å². The Labute approximate surface area is 167 Å². The topological polar surface area (TPSA) is 123 Å². The smallest absolute Gasteiger partial charge is 0.261 e. The molecule has 0 unspecified atom stereocenters. The Morgan fingerprint density at radius 3 is 2.83 bits per heavy atom. The Morgan fingerprint density at radius 2 is 2.10 bits per heavy atom. The van der Waals surface area contributed by atoms with Gasteiger partial charge in [-0.1, -0.05) is 0 Å². The molecule has 0 aliphatic carbocycles. The van der Waals surface area contributed by atoms with Crippen LogP contribution in [-0.2, 0) is 11.3 Å². The summed E-state index contributed by atoms with van der Waals surface area (Å²) in [6, 6.07) is 1.82. The lowest BCUT2D eigenvalue weighted by molar-refractivity contribution is -0.130. The molecular formula is C19H23N7O3. The zero-order valence-corrected chi connectivity index (χ0v) is 16.8. The summed E-state index contributed by atoms with van der Waals surface area (Å²) in [7, 11) is 0. The molecule has 1 amide bonds. The first-order valence-electron chi connectivity index (χ1n) is 9.35. The van der Waals surface area contributed by atoms with Crippen molar-refractivity contribution >= 4 is 5.91 Å². The number of nitrogens with zero attached hydrogens (tertiary/aromatic N) is 6. The second kappa shape index (κ2) is 6.87. The monoisotopic (exact) mass is 397 g/mol. The molecule has 0 fully saturated rings. The SMILES string of the molecule is CC(C)n1ncnc1-c1cn2c(n1)-c1cnc(OC(C)(C)C(N)=O)cc1OCC2. The molecule has 1 aliphatic rings. The lowest BCUT2D eigenvalue weighted by atomic mass is 10.1. The van der Waals surface area contributed by atoms with Crippen LogP contribution in [0.4, 0.5) is 0 Å². The molecule has 4 heterocycles. The van der Waals surface area contributed by atoms with Crippen molar-refractivity contribution in [2.75, 3.05) is 6.61 Å². The lowest BCUT2D eigenvalue weighted by Gasteiger charge is -2.22. The molecule has 4 rings (SSSR count). The van der Waals surface area contributed by atoms with Crippen LogP contribution in [0.25, 0.3) is 22.9 Å². The maximum atomic E-state index is 11.5. The summed E-state index contributed by atoms with van der Waals surface area (Å²) >= 11 is 0. The molecule has 10 heteroatoms. The van der Waals surface area contributed by atoms with Crippen molar-refractivity contribution in [2.45, 2.75) is 45.9 Å². The Balaban J connectivity index is 1.72. The highest BCUT2D eigenvalue weighted by atomic mass is 16.5. The minimum Gasteiger partial charge on any atom is -0.491 e. The molecule has 0 radical (unpaired) electrons. The van der Waals surface area contributed by atoms with Crippen molar-refractivity contribution in [3.05, 3.63) is 24.8 Å². The molecule has 2 N–H and O–H groups in total. The molecule has 152 valence electrons. The van der Waals surface area contributed by atoms with E-state index in [-0.39, 0.29) is 11.9 Å². The van der Waals surface area contributed by atoms with Crippen LogP contribution in [0.2, 0.25) is 0 Å². The molecule has 0 bridgehead atoms. The predicted octanol–water partition coefficient (Wildman–Crippen LogP) is 1.82. The standard InChI is InChI=1S/C19H23N7O3/c1-11(2)26-17(22-10-23-26)13-9-25-5-6-28-14-7-15(29-19(3,4)18(20)27)21-8-12(14)16(25)24-13/h7-11H,5-6H2,1-4H3,(H2,20,27). The van der Waals surface area contributed by atoms with Crippen molar-refractivity contribution in [3.8, 4) is 34.5 Å². The molecule has 1 aliphatic heterocycles. The molecule has 3 aromatic rings. The molecule has 3 aromatic heterocycles. The normalized spacial score (nSPS) is 13.4. The maximum absolute atomic E-state index is 11.5. The number of nitrogens with two attached hydrogens (primary N) is 1. The fourth-order valence-electron chi connectivity index (χ4n) is 3.05. The Hall–Kier alpha value is -3.43. The third-order valence-electron chi connectivity index (χ3n) is 4.69. The van der Waals surface area contributed by atoms with Crippen LogP contribution in [0.3, 0.4) is 0 Å². The van der Waals surface area contributed by atoms with Crippen LogP contribution in [0, 0.1) is 0 Å². The van der Waals surface area contributed by atoms with Gasteiger partial charge in [0.05, 0.1) is 12.1 Å². The Morgan fingerprint density at radius 1 is 1.31 bits per heavy atom. The van der Waals surface area contributed by atoms with Crippen molar-refractivity contribution in [3.63, 3.8) is 0 Å². The van der Waals surface area contributed by atoms with Gasteiger partial charge in [-0.25, -0.2) is 19.6 Å². The number of rotatable bonds is 5. The molecule has 0 saturated heterocycles. The van der Waals surface area contributed by atoms with Crippen molar-refractivity contribution in [1.82, 2.24) is 29.3 Å². The minimum atomic E-state index is -1.18. The first kappa shape index (κ1) is 18.9. The van der Waals surface area contributed by atoms with Gasteiger partial charge in [-0.3, -0.25) is 4.79 Å². The average molecular weight is 397 g/mol. The van der Waals surface area contributed by atoms with Gasteiger partial charge < -0.3 is 19.8 Å². The van der Waals surface area contributed by atoms with E-state index >= 15 is 0 Å². The zero-order chi connectivity index (χ0) is 20.8. The number of imidazole rings is 1. The van der Waals surface area contributed by atoms with Crippen LogP contribution in [0.15, 0.2) is 24.8 Å². The third-order valence-corrected chi connectivity index (χ3v) is 4.69. The van der Waals surface area contributed by atoms with Crippen LogP contribution < -0.4 is 15.2 Å². The summed E-state index contributed by atoms with van der Waals surface area (Å²) in [6.07, 6.45) is 5.10. The number of amides is 1. The molecular weight excluding hydrogens is 374 g/mol. The van der Waals surface area contributed by atoms with E-state index < -0.39 is 11.5 Å². The lowest BCUT2D eigenvalue weighted by Crippen LogP contribution is -2.43. The maximum Gasteiger partial charge on any atom is 0.261 e. The highest BCUT2D eigenvalue weighted by Gasteiger charge is 2.29. The Kier molecular flexibility index (Phi) is 4.48. The quantitative estimate of drug-likeness (QED) is 0.696. The van der Waals surface area contributed by atoms with Crippen molar-refractivity contribution in [2.24, 2.45) is 5.73 Å². The van der Waals surface area contributed by atoms with E-state index in [0.29, 0.717) is 24.7 Å². The molecule has 0 aromatic carbocycles. The number of hydrogen-bond donors (Lipinski definition) is 1. The number of primary amides is 1. The van der Waals surface area contributed by atoms with E-state index in [1.165, 1.54) is 6.33 Å². The van der Waals surface area contributed by atoms with Gasteiger partial charge in [0.15, 0.2) is 11.4 Å². The third kappa shape index (κ3) is 3.41. The highest BCUT2D eigenvalue weighted by Crippen LogP contribution is 2.35. The number of carbonyl (C=O) groups excluding carboxylic acids is 1. The minimum absolute atomic E-state index is 0.166. The molecule has 29 heavy (non-hydrogen) atoms. The largest absolute Gasteiger partial charge is 0.491 e. The van der Waals surface area contributed by atoms with Gasteiger partial charge >= 0.3 is 0 Å². The van der Waals surface area contributed by atoms with Gasteiger partial charge in [0, 0.05) is 24.5 Å². The summed E-state index contributed by atoms with van der Waals surface area (Å²) in [5.41, 5.74) is 5.66. The zero-order valence-electron chi connectivity index (χ0n) is 16.8. The molecule has 0 saturated carbocycles. The van der Waals surface area contributed by atoms with Crippen LogP contribution in [0.1, 0.15) is 33.7 Å². The van der Waals surface area contributed by atoms with E-state index in [1.54, 1.807) is 26.1 Å². The first-order chi connectivity index (χ1) is 13.8. The molecule has 10 nitrogen and oxygen atoms in total. The number of carbonyl (C=O) groups is 1. The summed E-state index contributed by atoms with van der Waals surface area (Å²) in [4.78, 5) is 25.0. The molecule has 0 spiro atoms. The van der Waals surface area contributed by atoms with Crippen LogP contribution in [-0.4, -0.2) is 47.4 Å². The number of fused-ring (bicyclic) bond motifs is 3. The van der Waals surface area contributed by atoms with Crippen LogP contribution >= 0.6 is 0 Å². The van der Waals surface area contributed by atoms with E-state index in [9.17, 15) is 4.79 Å². The van der Waals surface area contributed by atoms with Gasteiger partial charge in [-0.15, -0.1) is 0 Å². The average Bonchev–Trinajstić information content (AvgIpc) is 3.25. The van der Waals surface area contributed by atoms with Gasteiger partial charge in [0.2, 0.25) is 5.88 Å². The van der Waals surface area contributed by atoms with Crippen molar-refractivity contribution in [1.29, 1.82) is 0 Å². The number of aromatic nitrogens is 6. The number of pyridine rings is 1. The number of hydrogen-bond acceptors (Lipinski definition) is 7. The summed E-state index contributed by atoms with van der Waals surface area (Å²) in [5.74, 6) is 1.69. The van der Waals surface area contributed by atoms with Crippen molar-refractivity contribution < 1.29 is 14.3 Å². The summed E-state index contributed by atoms with van der Waals surface area (Å²) in [5, 5.41) is 4.29. The first-order valence-corrected chi connectivity index (χ1v) is 9.35. The summed E-state index contributed by atoms with van der Waals surface area (Å²) < 4.78 is 15.4. The van der Waals surface area contributed by atoms with E-state index in [4.69, 9.17) is 20.2 Å². The highest BCUT2D eigenvalue weighted by molar-refractivity contribution is 5.82. The fraction of sp³-hybridized carbons (Fsp3) is 0.421. The predicted molar refractivity (Wildman–Crippen MR) is 104 cm³/mol. The van der Waals surface area contributed by atoms with E-state index in [2.05, 4.69) is 15.1 Å². The molecule has 0 atom stereocenters. The van der Waals surface area contributed by atoms with Gasteiger partial charge in [0.1, 0.15) is 30.2 Å². The van der Waals surface area contributed by atoms with E-state index in [0.717, 1.165) is 17.1 Å².